The van der Waals surface area contributed by atoms with Crippen molar-refractivity contribution in [3.8, 4) is 5.75 Å². The first-order chi connectivity index (χ1) is 14.6. The van der Waals surface area contributed by atoms with Gasteiger partial charge in [0.05, 0.1) is 6.04 Å². The van der Waals surface area contributed by atoms with E-state index < -0.39 is 47.9 Å². The number of benzene rings is 1. The lowest BCUT2D eigenvalue weighted by Crippen LogP contribution is -2.57. The van der Waals surface area contributed by atoms with Crippen LogP contribution < -0.4 is 16.4 Å². The average Bonchev–Trinajstić information content (AvgIpc) is 3.22. The van der Waals surface area contributed by atoms with E-state index in [-0.39, 0.29) is 17.9 Å². The number of carboxylic acids is 1. The fourth-order valence-corrected chi connectivity index (χ4v) is 3.56. The first-order valence-corrected chi connectivity index (χ1v) is 10.6. The maximum Gasteiger partial charge on any atom is 0.325 e. The number of nitrogens with one attached hydrogen (secondary N) is 2. The summed E-state index contributed by atoms with van der Waals surface area (Å²) in [6.45, 7) is 1.66. The Kier molecular flexibility index (Phi) is 8.69. The highest BCUT2D eigenvalue weighted by atomic mass is 32.1. The van der Waals surface area contributed by atoms with Crippen molar-refractivity contribution in [2.45, 2.75) is 50.4 Å². The highest BCUT2D eigenvalue weighted by molar-refractivity contribution is 7.80. The Labute approximate surface area is 185 Å². The molecule has 1 fully saturated rings. The summed E-state index contributed by atoms with van der Waals surface area (Å²) in [7, 11) is 0. The molecule has 6 N–H and O–H groups in total. The van der Waals surface area contributed by atoms with Crippen LogP contribution in [-0.4, -0.2) is 75.3 Å². The van der Waals surface area contributed by atoms with Gasteiger partial charge in [-0.25, -0.2) is 0 Å². The highest BCUT2D eigenvalue weighted by Crippen LogP contribution is 2.19. The van der Waals surface area contributed by atoms with E-state index in [1.54, 1.807) is 12.1 Å². The van der Waals surface area contributed by atoms with Crippen LogP contribution in [0.1, 0.15) is 25.3 Å². The van der Waals surface area contributed by atoms with Gasteiger partial charge in [0.15, 0.2) is 0 Å². The summed E-state index contributed by atoms with van der Waals surface area (Å²) < 4.78 is 0. The number of carbonyl (C=O) groups is 4. The maximum absolute atomic E-state index is 13.0. The van der Waals surface area contributed by atoms with Crippen LogP contribution in [0.15, 0.2) is 24.3 Å². The number of thiol groups is 1. The minimum atomic E-state index is -1.17. The quantitative estimate of drug-likeness (QED) is 0.269. The number of carbonyl (C=O) groups excluding carboxylic acids is 3. The van der Waals surface area contributed by atoms with Gasteiger partial charge in [0.1, 0.15) is 23.9 Å². The van der Waals surface area contributed by atoms with Crippen LogP contribution in [0, 0.1) is 0 Å². The number of likely N-dealkylation sites (tertiary alicyclic amines) is 1. The lowest BCUT2D eigenvalue weighted by molar-refractivity contribution is -0.144. The molecule has 10 nitrogen and oxygen atoms in total. The molecular formula is C20H28N4O6S. The van der Waals surface area contributed by atoms with Gasteiger partial charge in [-0.15, -0.1) is 0 Å². The second-order valence-electron chi connectivity index (χ2n) is 7.48. The predicted octanol–water partition coefficient (Wildman–Crippen LogP) is -0.743. The zero-order valence-electron chi connectivity index (χ0n) is 17.2. The highest BCUT2D eigenvalue weighted by Gasteiger charge is 2.38. The number of phenols is 1. The van der Waals surface area contributed by atoms with E-state index in [0.717, 1.165) is 5.56 Å². The molecule has 1 aliphatic heterocycles. The third-order valence-corrected chi connectivity index (χ3v) is 5.46. The lowest BCUT2D eigenvalue weighted by Gasteiger charge is -2.29. The number of carboxylic acid groups (broad SMARTS) is 1. The first-order valence-electron chi connectivity index (χ1n) is 9.92. The van der Waals surface area contributed by atoms with E-state index >= 15 is 0 Å². The number of hydrogen-bond donors (Lipinski definition) is 6. The van der Waals surface area contributed by atoms with Crippen molar-refractivity contribution in [3.05, 3.63) is 29.8 Å². The number of amides is 3. The van der Waals surface area contributed by atoms with Gasteiger partial charge in [0.2, 0.25) is 17.7 Å². The summed E-state index contributed by atoms with van der Waals surface area (Å²) in [4.78, 5) is 50.2. The van der Waals surface area contributed by atoms with E-state index in [2.05, 4.69) is 23.3 Å². The summed E-state index contributed by atoms with van der Waals surface area (Å²) >= 11 is 4.16. The molecule has 0 radical (unpaired) electrons. The number of aromatic hydroxyl groups is 1. The van der Waals surface area contributed by atoms with Crippen molar-refractivity contribution >= 4 is 36.3 Å². The summed E-state index contributed by atoms with van der Waals surface area (Å²) in [5.74, 6) is -2.63. The molecule has 11 heteroatoms. The second-order valence-corrected chi connectivity index (χ2v) is 7.84. The number of nitrogens with two attached hydrogens (primary N) is 1. The molecule has 2 rings (SSSR count). The van der Waals surface area contributed by atoms with Gasteiger partial charge in [-0.2, -0.15) is 12.6 Å². The second kappa shape index (κ2) is 11.0. The normalized spacial score (nSPS) is 18.7. The summed E-state index contributed by atoms with van der Waals surface area (Å²) in [5, 5.41) is 23.3. The van der Waals surface area contributed by atoms with Gasteiger partial charge in [0.25, 0.3) is 0 Å². The Morgan fingerprint density at radius 1 is 1.23 bits per heavy atom. The smallest absolute Gasteiger partial charge is 0.325 e. The molecule has 0 saturated carbocycles. The number of hydrogen-bond acceptors (Lipinski definition) is 7. The molecule has 1 aliphatic rings. The third kappa shape index (κ3) is 6.59. The van der Waals surface area contributed by atoms with Gasteiger partial charge in [-0.1, -0.05) is 12.1 Å². The van der Waals surface area contributed by atoms with Crippen LogP contribution in [0.4, 0.5) is 0 Å². The minimum absolute atomic E-state index is 0.00682. The van der Waals surface area contributed by atoms with Crippen molar-refractivity contribution in [3.63, 3.8) is 0 Å². The Hall–Kier alpha value is -2.79. The molecule has 1 saturated heterocycles. The van der Waals surface area contributed by atoms with Gasteiger partial charge in [-0.3, -0.25) is 19.2 Å². The van der Waals surface area contributed by atoms with Crippen LogP contribution in [-0.2, 0) is 25.6 Å². The van der Waals surface area contributed by atoms with Crippen LogP contribution in [0.2, 0.25) is 0 Å². The summed E-state index contributed by atoms with van der Waals surface area (Å²) in [5.41, 5.74) is 6.71. The molecular weight excluding hydrogens is 424 g/mol. The van der Waals surface area contributed by atoms with Crippen molar-refractivity contribution in [1.82, 2.24) is 15.5 Å². The lowest BCUT2D eigenvalue weighted by atomic mass is 10.1. The van der Waals surface area contributed by atoms with E-state index in [0.29, 0.717) is 19.4 Å². The number of phenolic OH excluding ortho intramolecular Hbond substituents is 1. The van der Waals surface area contributed by atoms with Crippen molar-refractivity contribution < 1.29 is 29.4 Å². The zero-order chi connectivity index (χ0) is 23.1. The predicted molar refractivity (Wildman–Crippen MR) is 116 cm³/mol. The monoisotopic (exact) mass is 452 g/mol. The number of aliphatic carboxylic acids is 1. The minimum Gasteiger partial charge on any atom is -0.508 e. The molecule has 0 bridgehead atoms. The van der Waals surface area contributed by atoms with E-state index in [1.807, 2.05) is 0 Å². The molecule has 0 aliphatic carbocycles. The maximum atomic E-state index is 13.0. The largest absolute Gasteiger partial charge is 0.508 e. The Balaban J connectivity index is 1.99. The fraction of sp³-hybridized carbons (Fsp3) is 0.500. The number of nitrogens with zero attached hydrogens (tertiary/aromatic N) is 1. The van der Waals surface area contributed by atoms with Crippen molar-refractivity contribution in [2.24, 2.45) is 5.73 Å². The Morgan fingerprint density at radius 3 is 2.45 bits per heavy atom. The van der Waals surface area contributed by atoms with Gasteiger partial charge in [-0.05, 0) is 43.9 Å². The van der Waals surface area contributed by atoms with Crippen LogP contribution in [0.25, 0.3) is 0 Å². The Bertz CT molecular complexity index is 818. The molecule has 4 unspecified atom stereocenters. The van der Waals surface area contributed by atoms with Crippen LogP contribution in [0.3, 0.4) is 0 Å². The first kappa shape index (κ1) is 24.5. The Morgan fingerprint density at radius 2 is 1.87 bits per heavy atom. The zero-order valence-corrected chi connectivity index (χ0v) is 18.0. The topological polar surface area (TPSA) is 162 Å². The fourth-order valence-electron chi connectivity index (χ4n) is 3.32. The van der Waals surface area contributed by atoms with Gasteiger partial charge < -0.3 is 31.5 Å². The van der Waals surface area contributed by atoms with Gasteiger partial charge in [0, 0.05) is 12.3 Å². The SMILES string of the molecule is CC(NC(=O)C1CCCN1C(=O)C(CS)NC(=O)C(N)Cc1ccc(O)cc1)C(=O)O. The molecule has 0 spiro atoms. The summed E-state index contributed by atoms with van der Waals surface area (Å²) in [6.07, 6.45) is 1.19. The molecule has 3 amide bonds. The van der Waals surface area contributed by atoms with Crippen LogP contribution >= 0.6 is 12.6 Å². The molecule has 31 heavy (non-hydrogen) atoms. The van der Waals surface area contributed by atoms with E-state index in [4.69, 9.17) is 10.8 Å². The van der Waals surface area contributed by atoms with E-state index in [1.165, 1.54) is 24.0 Å². The average molecular weight is 453 g/mol. The van der Waals surface area contributed by atoms with Gasteiger partial charge >= 0.3 is 5.97 Å². The molecule has 4 atom stereocenters. The van der Waals surface area contributed by atoms with Crippen LogP contribution in [0.5, 0.6) is 5.75 Å². The van der Waals surface area contributed by atoms with Crippen molar-refractivity contribution in [1.29, 1.82) is 0 Å². The van der Waals surface area contributed by atoms with E-state index in [9.17, 15) is 24.3 Å². The number of rotatable bonds is 9. The standard InChI is InChI=1S/C20H28N4O6S/c1-11(20(29)30)22-18(27)16-3-2-8-24(16)19(28)15(10-31)23-17(26)14(21)9-12-4-6-13(25)7-5-12/h4-7,11,14-16,25,31H,2-3,8-10,21H2,1H3,(H,22,27)(H,23,26)(H,29,30). The van der Waals surface area contributed by atoms with Crippen molar-refractivity contribution in [2.75, 3.05) is 12.3 Å². The molecule has 1 aromatic carbocycles. The molecule has 170 valence electrons. The molecule has 0 aromatic heterocycles. The summed E-state index contributed by atoms with van der Waals surface area (Å²) in [6, 6.07) is 2.49. The molecule has 1 aromatic rings. The molecule has 1 heterocycles. The third-order valence-electron chi connectivity index (χ3n) is 5.09.